The highest BCUT2D eigenvalue weighted by Gasteiger charge is 2.21. The Hall–Kier alpha value is -2.25. The van der Waals surface area contributed by atoms with E-state index in [1.54, 1.807) is 17.4 Å². The smallest absolute Gasteiger partial charge is 0.244 e. The highest BCUT2D eigenvalue weighted by Crippen LogP contribution is 2.19. The average molecular weight is 318 g/mol. The minimum absolute atomic E-state index is 0.0993. The maximum Gasteiger partial charge on any atom is 0.244 e. The van der Waals surface area contributed by atoms with E-state index in [-0.39, 0.29) is 18.7 Å². The molecular formula is C16H22N4O3. The zero-order chi connectivity index (χ0) is 16.1. The summed E-state index contributed by atoms with van der Waals surface area (Å²) in [6, 6.07) is 7.86. The first-order chi connectivity index (χ1) is 11.3. The molecule has 2 heterocycles. The van der Waals surface area contributed by atoms with Crippen molar-refractivity contribution in [1.29, 1.82) is 0 Å². The van der Waals surface area contributed by atoms with Gasteiger partial charge in [0.2, 0.25) is 5.91 Å². The number of anilines is 2. The number of hydrogen-bond donors (Lipinski definition) is 2. The van der Waals surface area contributed by atoms with Crippen LogP contribution in [0.4, 0.5) is 11.4 Å². The van der Waals surface area contributed by atoms with Crippen LogP contribution in [-0.4, -0.2) is 56.4 Å². The number of carbonyl (C=O) groups is 1. The largest absolute Gasteiger partial charge is 0.475 e. The Balaban J connectivity index is 1.53. The first-order valence-corrected chi connectivity index (χ1v) is 7.77. The summed E-state index contributed by atoms with van der Waals surface area (Å²) in [7, 11) is 0. The second-order valence-corrected chi connectivity index (χ2v) is 5.48. The minimum Gasteiger partial charge on any atom is -0.475 e. The molecule has 0 bridgehead atoms. The third-order valence-corrected chi connectivity index (χ3v) is 3.91. The zero-order valence-corrected chi connectivity index (χ0v) is 13.0. The standard InChI is InChI=1S/C16H22N4O3/c17-11-16-20(7-10-23-16)12-15(21)18-13-1-3-14(4-2-13)19-5-8-22-9-6-19/h1-4,7,10,16H,5-6,8-9,11-12,17H2,(H,18,21). The van der Waals surface area contributed by atoms with Crippen molar-refractivity contribution in [3.8, 4) is 0 Å². The summed E-state index contributed by atoms with van der Waals surface area (Å²) in [4.78, 5) is 16.2. The van der Waals surface area contributed by atoms with Crippen molar-refractivity contribution in [2.24, 2.45) is 5.73 Å². The van der Waals surface area contributed by atoms with Gasteiger partial charge in [-0.05, 0) is 24.3 Å². The minimum atomic E-state index is -0.260. The molecule has 0 spiro atoms. The fourth-order valence-corrected chi connectivity index (χ4v) is 2.67. The summed E-state index contributed by atoms with van der Waals surface area (Å²) in [5, 5.41) is 2.89. The van der Waals surface area contributed by atoms with Crippen LogP contribution in [0.25, 0.3) is 0 Å². The lowest BCUT2D eigenvalue weighted by Crippen LogP contribution is -2.39. The second kappa shape index (κ2) is 7.34. The van der Waals surface area contributed by atoms with Crippen molar-refractivity contribution in [1.82, 2.24) is 4.90 Å². The lowest BCUT2D eigenvalue weighted by Gasteiger charge is -2.29. The molecule has 1 saturated heterocycles. The number of nitrogens with two attached hydrogens (primary N) is 1. The molecule has 23 heavy (non-hydrogen) atoms. The van der Waals surface area contributed by atoms with E-state index in [0.717, 1.165) is 37.7 Å². The molecule has 124 valence electrons. The van der Waals surface area contributed by atoms with Crippen molar-refractivity contribution >= 4 is 17.3 Å². The van der Waals surface area contributed by atoms with Crippen LogP contribution in [0.1, 0.15) is 0 Å². The third-order valence-electron chi connectivity index (χ3n) is 3.91. The van der Waals surface area contributed by atoms with E-state index >= 15 is 0 Å². The number of hydrogen-bond acceptors (Lipinski definition) is 6. The number of amides is 1. The number of ether oxygens (including phenoxy) is 2. The van der Waals surface area contributed by atoms with Gasteiger partial charge in [-0.15, -0.1) is 0 Å². The van der Waals surface area contributed by atoms with Gasteiger partial charge in [-0.1, -0.05) is 0 Å². The molecule has 1 aromatic rings. The molecule has 1 fully saturated rings. The maximum absolute atomic E-state index is 12.1. The molecule has 1 atom stereocenters. The lowest BCUT2D eigenvalue weighted by atomic mass is 10.2. The Morgan fingerprint density at radius 3 is 2.70 bits per heavy atom. The number of nitrogens with zero attached hydrogens (tertiary/aromatic N) is 2. The molecule has 1 amide bonds. The Kier molecular flexibility index (Phi) is 4.99. The summed E-state index contributed by atoms with van der Waals surface area (Å²) >= 11 is 0. The number of carbonyl (C=O) groups excluding carboxylic acids is 1. The number of nitrogens with one attached hydrogen (secondary N) is 1. The summed E-state index contributed by atoms with van der Waals surface area (Å²) in [6.45, 7) is 3.86. The summed E-state index contributed by atoms with van der Waals surface area (Å²) < 4.78 is 10.6. The molecule has 3 N–H and O–H groups in total. The first-order valence-electron chi connectivity index (χ1n) is 7.77. The van der Waals surface area contributed by atoms with E-state index in [9.17, 15) is 4.79 Å². The van der Waals surface area contributed by atoms with Gasteiger partial charge >= 0.3 is 0 Å². The van der Waals surface area contributed by atoms with Gasteiger partial charge in [0.1, 0.15) is 12.8 Å². The van der Waals surface area contributed by atoms with E-state index < -0.39 is 0 Å². The Morgan fingerprint density at radius 1 is 1.26 bits per heavy atom. The lowest BCUT2D eigenvalue weighted by molar-refractivity contribution is -0.118. The predicted molar refractivity (Wildman–Crippen MR) is 87.9 cm³/mol. The fourth-order valence-electron chi connectivity index (χ4n) is 2.67. The van der Waals surface area contributed by atoms with E-state index in [0.29, 0.717) is 6.54 Å². The summed E-state index contributed by atoms with van der Waals surface area (Å²) in [6.07, 6.45) is 3.03. The van der Waals surface area contributed by atoms with Crippen LogP contribution in [0.3, 0.4) is 0 Å². The van der Waals surface area contributed by atoms with Crippen LogP contribution in [0.2, 0.25) is 0 Å². The van der Waals surface area contributed by atoms with Gasteiger partial charge in [-0.2, -0.15) is 0 Å². The Morgan fingerprint density at radius 2 is 2.00 bits per heavy atom. The van der Waals surface area contributed by atoms with Gasteiger partial charge in [0.05, 0.1) is 13.2 Å². The fraction of sp³-hybridized carbons (Fsp3) is 0.438. The number of rotatable bonds is 5. The molecule has 7 nitrogen and oxygen atoms in total. The van der Waals surface area contributed by atoms with Crippen molar-refractivity contribution in [3.05, 3.63) is 36.7 Å². The van der Waals surface area contributed by atoms with Crippen LogP contribution in [-0.2, 0) is 14.3 Å². The normalized spacial score (nSPS) is 20.5. The maximum atomic E-state index is 12.1. The molecule has 0 aromatic heterocycles. The molecule has 0 radical (unpaired) electrons. The predicted octanol–water partition coefficient (Wildman–Crippen LogP) is 0.550. The highest BCUT2D eigenvalue weighted by atomic mass is 16.5. The SMILES string of the molecule is NCC1OC=CN1CC(=O)Nc1ccc(N2CCOCC2)cc1. The van der Waals surface area contributed by atoms with E-state index in [4.69, 9.17) is 15.2 Å². The molecule has 1 aromatic carbocycles. The van der Waals surface area contributed by atoms with Crippen molar-refractivity contribution in [3.63, 3.8) is 0 Å². The number of benzene rings is 1. The average Bonchev–Trinajstić information content (AvgIpc) is 3.03. The molecule has 2 aliphatic heterocycles. The van der Waals surface area contributed by atoms with Crippen molar-refractivity contribution < 1.29 is 14.3 Å². The van der Waals surface area contributed by atoms with Crippen molar-refractivity contribution in [2.75, 3.05) is 49.6 Å². The van der Waals surface area contributed by atoms with Crippen molar-refractivity contribution in [2.45, 2.75) is 6.23 Å². The van der Waals surface area contributed by atoms with E-state index in [2.05, 4.69) is 10.2 Å². The van der Waals surface area contributed by atoms with Gasteiger partial charge in [0, 0.05) is 37.2 Å². The third kappa shape index (κ3) is 3.94. The van der Waals surface area contributed by atoms with Crippen LogP contribution >= 0.6 is 0 Å². The van der Waals surface area contributed by atoms with E-state index in [1.807, 2.05) is 24.3 Å². The van der Waals surface area contributed by atoms with E-state index in [1.165, 1.54) is 0 Å². The summed E-state index contributed by atoms with van der Waals surface area (Å²) in [5.74, 6) is -0.0993. The Labute approximate surface area is 135 Å². The molecule has 2 aliphatic rings. The topological polar surface area (TPSA) is 80.1 Å². The van der Waals surface area contributed by atoms with Gasteiger partial charge in [-0.25, -0.2) is 0 Å². The zero-order valence-electron chi connectivity index (χ0n) is 13.0. The van der Waals surface area contributed by atoms with Gasteiger partial charge in [0.25, 0.3) is 0 Å². The second-order valence-electron chi connectivity index (χ2n) is 5.48. The van der Waals surface area contributed by atoms with Gasteiger partial charge in [-0.3, -0.25) is 4.79 Å². The van der Waals surface area contributed by atoms with Crippen LogP contribution < -0.4 is 16.0 Å². The molecule has 7 heteroatoms. The highest BCUT2D eigenvalue weighted by molar-refractivity contribution is 5.92. The molecule has 0 saturated carbocycles. The van der Waals surface area contributed by atoms with Crippen LogP contribution in [0.15, 0.2) is 36.7 Å². The Bertz CT molecular complexity index is 555. The van der Waals surface area contributed by atoms with Gasteiger partial charge in [0.15, 0.2) is 6.23 Å². The molecule has 0 aliphatic carbocycles. The summed E-state index contributed by atoms with van der Waals surface area (Å²) in [5.41, 5.74) is 7.51. The van der Waals surface area contributed by atoms with Crippen LogP contribution in [0, 0.1) is 0 Å². The first kappa shape index (κ1) is 15.6. The molecular weight excluding hydrogens is 296 g/mol. The monoisotopic (exact) mass is 318 g/mol. The molecule has 3 rings (SSSR count). The quantitative estimate of drug-likeness (QED) is 0.825. The number of morpholine rings is 1. The molecule has 1 unspecified atom stereocenters. The van der Waals surface area contributed by atoms with Crippen LogP contribution in [0.5, 0.6) is 0 Å². The van der Waals surface area contributed by atoms with Gasteiger partial charge < -0.3 is 30.3 Å².